The van der Waals surface area contributed by atoms with E-state index in [0.717, 1.165) is 5.56 Å². The van der Waals surface area contributed by atoms with Crippen molar-refractivity contribution in [1.29, 1.82) is 0 Å². The first kappa shape index (κ1) is 21.8. The minimum atomic E-state index is -0.788. The van der Waals surface area contributed by atoms with E-state index in [1.54, 1.807) is 31.3 Å². The van der Waals surface area contributed by atoms with Crippen LogP contribution in [0.3, 0.4) is 0 Å². The van der Waals surface area contributed by atoms with E-state index >= 15 is 0 Å². The van der Waals surface area contributed by atoms with Crippen LogP contribution in [0.2, 0.25) is 0 Å². The van der Waals surface area contributed by atoms with Crippen LogP contribution in [-0.2, 0) is 20.7 Å². The third-order valence-corrected chi connectivity index (χ3v) is 7.23. The van der Waals surface area contributed by atoms with Gasteiger partial charge in [0.15, 0.2) is 23.0 Å². The maximum absolute atomic E-state index is 13.5. The molecule has 0 unspecified atom stereocenters. The van der Waals surface area contributed by atoms with Gasteiger partial charge in [-0.05, 0) is 36.2 Å². The molecule has 4 aliphatic heterocycles. The van der Waals surface area contributed by atoms with E-state index in [1.807, 2.05) is 36.4 Å². The molecule has 1 N–H and O–H groups in total. The Bertz CT molecular complexity index is 1230. The van der Waals surface area contributed by atoms with Gasteiger partial charge in [0.2, 0.25) is 18.6 Å². The van der Waals surface area contributed by atoms with Gasteiger partial charge >= 0.3 is 0 Å². The van der Waals surface area contributed by atoms with Crippen LogP contribution in [0.25, 0.3) is 0 Å². The van der Waals surface area contributed by atoms with Gasteiger partial charge in [0.05, 0.1) is 38.7 Å². The summed E-state index contributed by atoms with van der Waals surface area (Å²) in [7, 11) is 3.18. The lowest BCUT2D eigenvalue weighted by Gasteiger charge is -2.23. The fourth-order valence-corrected chi connectivity index (χ4v) is 5.55. The number of benzene rings is 2. The first-order valence-electron chi connectivity index (χ1n) is 11.6. The van der Waals surface area contributed by atoms with E-state index in [-0.39, 0.29) is 18.6 Å². The zero-order valence-electron chi connectivity index (χ0n) is 19.5. The molecule has 2 amide bonds. The lowest BCUT2D eigenvalue weighted by atomic mass is 9.77. The number of hydrogen-bond acceptors (Lipinski definition) is 7. The summed E-state index contributed by atoms with van der Waals surface area (Å²) in [5.74, 6) is 1.13. The monoisotopic (exact) mass is 478 g/mol. The van der Waals surface area contributed by atoms with Crippen LogP contribution in [-0.4, -0.2) is 57.6 Å². The second-order valence-electron chi connectivity index (χ2n) is 9.09. The molecule has 9 heteroatoms. The first-order chi connectivity index (χ1) is 17.0. The molecule has 9 nitrogen and oxygen atoms in total. The smallest absolute Gasteiger partial charge is 0.234 e. The van der Waals surface area contributed by atoms with Gasteiger partial charge in [0.1, 0.15) is 5.60 Å². The van der Waals surface area contributed by atoms with Crippen molar-refractivity contribution < 1.29 is 33.3 Å². The van der Waals surface area contributed by atoms with Crippen LogP contribution in [0, 0.1) is 11.8 Å². The maximum atomic E-state index is 13.5. The number of carbonyl (C=O) groups is 2. The summed E-state index contributed by atoms with van der Waals surface area (Å²) in [5.41, 5.74) is 0.925. The quantitative estimate of drug-likeness (QED) is 0.609. The molecule has 2 saturated heterocycles. The second-order valence-corrected chi connectivity index (χ2v) is 9.09. The Morgan fingerprint density at radius 3 is 2.77 bits per heavy atom. The summed E-state index contributed by atoms with van der Waals surface area (Å²) in [5, 5.41) is 3.01. The third-order valence-electron chi connectivity index (χ3n) is 7.23. The molecule has 2 aromatic rings. The minimum absolute atomic E-state index is 0.115. The lowest BCUT2D eigenvalue weighted by molar-refractivity contribution is -0.131. The number of rotatable bonds is 7. The number of anilines is 1. The highest BCUT2D eigenvalue weighted by Gasteiger charge is 2.67. The molecular formula is C26H26N2O7. The molecule has 4 aliphatic rings. The number of amides is 2. The Morgan fingerprint density at radius 2 is 1.94 bits per heavy atom. The summed E-state index contributed by atoms with van der Waals surface area (Å²) in [6.45, 7) is 0.956. The van der Waals surface area contributed by atoms with Gasteiger partial charge in [0.25, 0.3) is 0 Å². The van der Waals surface area contributed by atoms with Gasteiger partial charge in [0, 0.05) is 18.3 Å². The Morgan fingerprint density at radius 1 is 1.11 bits per heavy atom. The van der Waals surface area contributed by atoms with Crippen molar-refractivity contribution in [2.24, 2.45) is 11.8 Å². The summed E-state index contributed by atoms with van der Waals surface area (Å²) in [4.78, 5) is 28.5. The molecular weight excluding hydrogens is 452 g/mol. The van der Waals surface area contributed by atoms with Crippen LogP contribution in [0.5, 0.6) is 23.0 Å². The van der Waals surface area contributed by atoms with E-state index in [4.69, 9.17) is 23.7 Å². The van der Waals surface area contributed by atoms with Crippen molar-refractivity contribution >= 4 is 17.5 Å². The second kappa shape index (κ2) is 8.20. The first-order valence-corrected chi connectivity index (χ1v) is 11.6. The van der Waals surface area contributed by atoms with Crippen LogP contribution >= 0.6 is 0 Å². The molecule has 0 aliphatic carbocycles. The third kappa shape index (κ3) is 3.41. The van der Waals surface area contributed by atoms with Crippen LogP contribution < -0.4 is 29.2 Å². The van der Waals surface area contributed by atoms with Gasteiger partial charge in [-0.15, -0.1) is 0 Å². The molecule has 0 aromatic heterocycles. The summed E-state index contributed by atoms with van der Waals surface area (Å²) >= 11 is 0. The summed E-state index contributed by atoms with van der Waals surface area (Å²) < 4.78 is 27.7. The number of hydrogen-bond donors (Lipinski definition) is 1. The SMILES string of the molecule is COc1ccc(CCNC(=O)[C@@H]2[C@@H]3C=C[C@@]4(CN(c5ccc6c(c5)OCO6)C(=O)[C@@H]24)O3)cc1OC. The summed E-state index contributed by atoms with van der Waals surface area (Å²) in [6, 6.07) is 11.1. The molecule has 2 aromatic carbocycles. The van der Waals surface area contributed by atoms with E-state index in [2.05, 4.69) is 5.32 Å². The largest absolute Gasteiger partial charge is 0.493 e. The van der Waals surface area contributed by atoms with Gasteiger partial charge in [-0.3, -0.25) is 9.59 Å². The van der Waals surface area contributed by atoms with E-state index in [1.165, 1.54) is 0 Å². The fraction of sp³-hybridized carbons (Fsp3) is 0.385. The van der Waals surface area contributed by atoms with E-state index in [9.17, 15) is 9.59 Å². The van der Waals surface area contributed by atoms with Gasteiger partial charge < -0.3 is 33.9 Å². The fourth-order valence-electron chi connectivity index (χ4n) is 5.55. The molecule has 2 bridgehead atoms. The topological polar surface area (TPSA) is 95.6 Å². The highest BCUT2D eigenvalue weighted by molar-refractivity contribution is 6.03. The normalized spacial score (nSPS) is 27.3. The Labute approximate surface area is 202 Å². The van der Waals surface area contributed by atoms with Gasteiger partial charge in [-0.1, -0.05) is 18.2 Å². The molecule has 2 fully saturated rings. The average molecular weight is 479 g/mol. The van der Waals surface area contributed by atoms with Crippen molar-refractivity contribution in [3.05, 3.63) is 54.1 Å². The van der Waals surface area contributed by atoms with Gasteiger partial charge in [-0.2, -0.15) is 0 Å². The predicted molar refractivity (Wildman–Crippen MR) is 125 cm³/mol. The molecule has 0 radical (unpaired) electrons. The standard InChI is InChI=1S/C26H26N2O7/c1-31-17-5-3-15(11-20(17)32-2)8-10-27-24(29)22-19-7-9-26(35-19)13-28(25(30)23(22)26)16-4-6-18-21(12-16)34-14-33-18/h3-7,9,11-12,19,22-23H,8,10,13-14H2,1-2H3,(H,27,29)/t19-,22+,23+,26-/m0/s1. The van der Waals surface area contributed by atoms with Crippen molar-refractivity contribution in [3.8, 4) is 23.0 Å². The Kier molecular flexibility index (Phi) is 5.10. The van der Waals surface area contributed by atoms with Crippen molar-refractivity contribution in [3.63, 3.8) is 0 Å². The average Bonchev–Trinajstić information content (AvgIpc) is 3.64. The number of nitrogens with zero attached hydrogens (tertiary/aromatic N) is 1. The zero-order chi connectivity index (χ0) is 24.2. The number of carbonyl (C=O) groups excluding carboxylic acids is 2. The Hall–Kier alpha value is -3.72. The minimum Gasteiger partial charge on any atom is -0.493 e. The Balaban J connectivity index is 1.15. The molecule has 4 atom stereocenters. The molecule has 0 saturated carbocycles. The summed E-state index contributed by atoms with van der Waals surface area (Å²) in [6.07, 6.45) is 4.07. The lowest BCUT2D eigenvalue weighted by Crippen LogP contribution is -2.44. The number of nitrogens with one attached hydrogen (secondary N) is 1. The zero-order valence-corrected chi connectivity index (χ0v) is 19.5. The predicted octanol–water partition coefficient (Wildman–Crippen LogP) is 2.08. The number of ether oxygens (including phenoxy) is 5. The van der Waals surface area contributed by atoms with Crippen LogP contribution in [0.1, 0.15) is 5.56 Å². The number of methoxy groups -OCH3 is 2. The van der Waals surface area contributed by atoms with E-state index in [0.29, 0.717) is 48.2 Å². The highest BCUT2D eigenvalue weighted by Crippen LogP contribution is 2.53. The van der Waals surface area contributed by atoms with Crippen molar-refractivity contribution in [2.75, 3.05) is 39.0 Å². The molecule has 182 valence electrons. The van der Waals surface area contributed by atoms with Crippen molar-refractivity contribution in [2.45, 2.75) is 18.1 Å². The molecule has 6 rings (SSSR count). The molecule has 1 spiro atoms. The number of fused-ring (bicyclic) bond motifs is 2. The maximum Gasteiger partial charge on any atom is 0.234 e. The van der Waals surface area contributed by atoms with Crippen LogP contribution in [0.15, 0.2) is 48.6 Å². The van der Waals surface area contributed by atoms with Crippen molar-refractivity contribution in [1.82, 2.24) is 5.32 Å². The van der Waals surface area contributed by atoms with Gasteiger partial charge in [-0.25, -0.2) is 0 Å². The van der Waals surface area contributed by atoms with Crippen LogP contribution in [0.4, 0.5) is 5.69 Å². The highest BCUT2D eigenvalue weighted by atomic mass is 16.7. The van der Waals surface area contributed by atoms with E-state index < -0.39 is 23.5 Å². The molecule has 4 heterocycles. The molecule has 35 heavy (non-hydrogen) atoms.